The molecule has 1 unspecified atom stereocenters. The fourth-order valence-electron chi connectivity index (χ4n) is 0.0896. The minimum Gasteiger partial charge on any atom is -0.221 e. The molecule has 0 nitrogen and oxygen atoms in total. The Kier molecular flexibility index (Phi) is 2.69. The van der Waals surface area contributed by atoms with E-state index in [9.17, 15) is 17.6 Å². The molecule has 0 aromatic carbocycles. The van der Waals surface area contributed by atoms with E-state index in [1.807, 2.05) is 0 Å². The van der Waals surface area contributed by atoms with Gasteiger partial charge in [-0.15, -0.1) is 12.6 Å². The highest BCUT2D eigenvalue weighted by molar-refractivity contribution is 7.85. The number of hydrogen-bond donors (Lipinski definition) is 2. The zero-order valence-corrected chi connectivity index (χ0v) is 5.90. The van der Waals surface area contributed by atoms with E-state index < -0.39 is 16.9 Å². The lowest BCUT2D eigenvalue weighted by molar-refractivity contribution is -0.186. The van der Waals surface area contributed by atoms with Gasteiger partial charge in [0.25, 0.3) is 5.00 Å². The fourth-order valence-corrected chi connectivity index (χ4v) is 0.269. The van der Waals surface area contributed by atoms with Gasteiger partial charge in [-0.1, -0.05) is 0 Å². The van der Waals surface area contributed by atoms with Gasteiger partial charge in [-0.3, -0.25) is 0 Å². The molecule has 0 saturated heterocycles. The Bertz CT molecular complexity index is 96.5. The topological polar surface area (TPSA) is 0 Å². The molecule has 0 spiro atoms. The molecule has 0 bridgehead atoms. The minimum absolute atomic E-state index is 0.973. The highest BCUT2D eigenvalue weighted by Crippen LogP contribution is 2.37. The lowest BCUT2D eigenvalue weighted by atomic mass is 10.4. The van der Waals surface area contributed by atoms with Crippen LogP contribution in [0, 0.1) is 0 Å². The Balaban J connectivity index is 4.14. The molecule has 0 aliphatic carbocycles. The molecular formula is C3H4F4S2. The van der Waals surface area contributed by atoms with Gasteiger partial charge in [0.15, 0.2) is 0 Å². The van der Waals surface area contributed by atoms with Crippen LogP contribution in [0.5, 0.6) is 0 Å². The van der Waals surface area contributed by atoms with E-state index in [0.29, 0.717) is 0 Å². The third-order valence-corrected chi connectivity index (χ3v) is 1.74. The van der Waals surface area contributed by atoms with Crippen LogP contribution >= 0.6 is 25.3 Å². The van der Waals surface area contributed by atoms with Gasteiger partial charge in [0.2, 0.25) is 0 Å². The molecule has 0 N–H and O–H groups in total. The van der Waals surface area contributed by atoms with Crippen molar-refractivity contribution in [3.05, 3.63) is 0 Å². The quantitative estimate of drug-likeness (QED) is 0.448. The van der Waals surface area contributed by atoms with Gasteiger partial charge in [-0.25, -0.2) is 4.39 Å². The van der Waals surface area contributed by atoms with E-state index in [2.05, 4.69) is 25.3 Å². The van der Waals surface area contributed by atoms with Gasteiger partial charge < -0.3 is 0 Å². The summed E-state index contributed by atoms with van der Waals surface area (Å²) in [5.41, 5.74) is 0. The maximum absolute atomic E-state index is 12.0. The van der Waals surface area contributed by atoms with Crippen LogP contribution in [-0.4, -0.2) is 16.9 Å². The number of hydrogen-bond acceptors (Lipinski definition) is 2. The van der Waals surface area contributed by atoms with Crippen LogP contribution in [0.25, 0.3) is 0 Å². The van der Waals surface area contributed by atoms with Gasteiger partial charge in [-0.2, -0.15) is 25.8 Å². The highest BCUT2D eigenvalue weighted by atomic mass is 32.1. The van der Waals surface area contributed by atoms with Crippen LogP contribution < -0.4 is 0 Å². The SMILES string of the molecule is FC(F)(F)C(F)(S)CS. The van der Waals surface area contributed by atoms with Crippen molar-refractivity contribution < 1.29 is 17.6 Å². The summed E-state index contributed by atoms with van der Waals surface area (Å²) in [6.45, 7) is 0. The minimum atomic E-state index is -4.93. The molecule has 0 aliphatic rings. The molecule has 0 amide bonds. The normalized spacial score (nSPS) is 19.3. The zero-order valence-electron chi connectivity index (χ0n) is 4.11. The molecule has 0 rings (SSSR count). The van der Waals surface area contributed by atoms with Crippen molar-refractivity contribution in [2.45, 2.75) is 11.2 Å². The summed E-state index contributed by atoms with van der Waals surface area (Å²) in [5.74, 6) is -0.973. The average Bonchev–Trinajstić information content (AvgIpc) is 1.64. The first-order chi connectivity index (χ1) is 3.81. The lowest BCUT2D eigenvalue weighted by Crippen LogP contribution is -2.36. The molecule has 9 heavy (non-hydrogen) atoms. The summed E-state index contributed by atoms with van der Waals surface area (Å²) in [7, 11) is 0. The highest BCUT2D eigenvalue weighted by Gasteiger charge is 2.52. The molecule has 0 heterocycles. The second kappa shape index (κ2) is 2.57. The molecule has 56 valence electrons. The van der Waals surface area contributed by atoms with Crippen LogP contribution in [0.2, 0.25) is 0 Å². The largest absolute Gasteiger partial charge is 0.432 e. The van der Waals surface area contributed by atoms with Gasteiger partial charge in [0.1, 0.15) is 0 Å². The smallest absolute Gasteiger partial charge is 0.221 e. The summed E-state index contributed by atoms with van der Waals surface area (Å²) < 4.78 is 46.0. The molecule has 0 aliphatic heterocycles. The van der Waals surface area contributed by atoms with Crippen LogP contribution in [0.15, 0.2) is 0 Å². The van der Waals surface area contributed by atoms with Crippen molar-refractivity contribution in [2.75, 3.05) is 5.75 Å². The summed E-state index contributed by atoms with van der Waals surface area (Å²) in [6, 6.07) is 0. The average molecular weight is 180 g/mol. The number of rotatable bonds is 1. The number of halogens is 4. The molecule has 6 heteroatoms. The first kappa shape index (κ1) is 9.42. The summed E-state index contributed by atoms with van der Waals surface area (Å²) in [5, 5.41) is -3.46. The standard InChI is InChI=1S/C3H4F4S2/c4-2(9,1-8)3(5,6)7/h8-9H,1H2. The van der Waals surface area contributed by atoms with E-state index in [1.54, 1.807) is 0 Å². The van der Waals surface area contributed by atoms with Crippen molar-refractivity contribution >= 4 is 25.3 Å². The molecule has 0 fully saturated rings. The van der Waals surface area contributed by atoms with E-state index in [4.69, 9.17) is 0 Å². The number of alkyl halides is 4. The maximum Gasteiger partial charge on any atom is 0.432 e. The molecule has 0 radical (unpaired) electrons. The molecular weight excluding hydrogens is 176 g/mol. The number of thiol groups is 2. The second-order valence-corrected chi connectivity index (χ2v) is 2.44. The third-order valence-electron chi connectivity index (χ3n) is 0.644. The van der Waals surface area contributed by atoms with Crippen LogP contribution in [0.1, 0.15) is 0 Å². The van der Waals surface area contributed by atoms with E-state index in [0.717, 1.165) is 0 Å². The summed E-state index contributed by atoms with van der Waals surface area (Å²) in [4.78, 5) is 0. The Morgan fingerprint density at radius 2 is 1.44 bits per heavy atom. The van der Waals surface area contributed by atoms with Crippen LogP contribution in [0.4, 0.5) is 17.6 Å². The zero-order chi connectivity index (χ0) is 7.71. The Hall–Kier alpha value is 0.420. The predicted octanol–water partition coefficient (Wildman–Crippen LogP) is 2.07. The molecule has 0 saturated carbocycles. The second-order valence-electron chi connectivity index (χ2n) is 1.42. The predicted molar refractivity (Wildman–Crippen MR) is 32.7 cm³/mol. The van der Waals surface area contributed by atoms with Gasteiger partial charge in [0, 0.05) is 5.75 Å². The lowest BCUT2D eigenvalue weighted by Gasteiger charge is -2.19. The summed E-state index contributed by atoms with van der Waals surface area (Å²) >= 11 is 5.82. The molecule has 0 aromatic heterocycles. The van der Waals surface area contributed by atoms with Crippen LogP contribution in [0.3, 0.4) is 0 Å². The summed E-state index contributed by atoms with van der Waals surface area (Å²) in [6.07, 6.45) is -4.93. The van der Waals surface area contributed by atoms with Crippen molar-refractivity contribution in [3.63, 3.8) is 0 Å². The van der Waals surface area contributed by atoms with E-state index >= 15 is 0 Å². The first-order valence-electron chi connectivity index (χ1n) is 1.90. The van der Waals surface area contributed by atoms with Crippen molar-refractivity contribution in [2.24, 2.45) is 0 Å². The van der Waals surface area contributed by atoms with Crippen molar-refractivity contribution in [1.82, 2.24) is 0 Å². The fraction of sp³-hybridized carbons (Fsp3) is 1.00. The Morgan fingerprint density at radius 3 is 1.44 bits per heavy atom. The first-order valence-corrected chi connectivity index (χ1v) is 2.98. The van der Waals surface area contributed by atoms with E-state index in [1.165, 1.54) is 0 Å². The van der Waals surface area contributed by atoms with Gasteiger partial charge in [-0.05, 0) is 0 Å². The van der Waals surface area contributed by atoms with Crippen molar-refractivity contribution in [3.8, 4) is 0 Å². The third kappa shape index (κ3) is 2.25. The van der Waals surface area contributed by atoms with Gasteiger partial charge in [0.05, 0.1) is 0 Å². The van der Waals surface area contributed by atoms with Crippen LogP contribution in [-0.2, 0) is 0 Å². The monoisotopic (exact) mass is 180 g/mol. The maximum atomic E-state index is 12.0. The molecule has 1 atom stereocenters. The Morgan fingerprint density at radius 1 is 1.11 bits per heavy atom. The van der Waals surface area contributed by atoms with Crippen molar-refractivity contribution in [1.29, 1.82) is 0 Å². The van der Waals surface area contributed by atoms with E-state index in [-0.39, 0.29) is 0 Å². The Labute approximate surface area is 60.4 Å². The van der Waals surface area contributed by atoms with Gasteiger partial charge >= 0.3 is 6.18 Å². The molecule has 0 aromatic rings.